The first-order valence-electron chi connectivity index (χ1n) is 14.6. The van der Waals surface area contributed by atoms with Crippen molar-refractivity contribution in [3.8, 4) is 45.0 Å². The van der Waals surface area contributed by atoms with Gasteiger partial charge in [-0.3, -0.25) is 0 Å². The molecule has 43 heavy (non-hydrogen) atoms. The zero-order chi connectivity index (χ0) is 28.6. The summed E-state index contributed by atoms with van der Waals surface area (Å²) in [6.45, 7) is 0. The SMILES string of the molecule is C1=CC(c2nc(-c3ccccc3)nc(-c3ccc(-c4cccc(-c5cccc6c5oc5ccccc56)c4)cc3)n2)=CCC1. The van der Waals surface area contributed by atoms with Crippen LogP contribution in [0.4, 0.5) is 0 Å². The number of hydrogen-bond acceptors (Lipinski definition) is 4. The maximum absolute atomic E-state index is 6.32. The quantitative estimate of drug-likeness (QED) is 0.213. The number of furan rings is 1. The van der Waals surface area contributed by atoms with E-state index in [0.717, 1.165) is 73.7 Å². The van der Waals surface area contributed by atoms with Crippen LogP contribution in [0.5, 0.6) is 0 Å². The van der Waals surface area contributed by atoms with Crippen LogP contribution in [-0.2, 0) is 0 Å². The lowest BCUT2D eigenvalue weighted by molar-refractivity contribution is 0.670. The van der Waals surface area contributed by atoms with Crippen molar-refractivity contribution in [2.45, 2.75) is 12.8 Å². The molecule has 1 aliphatic carbocycles. The van der Waals surface area contributed by atoms with Crippen LogP contribution in [0.3, 0.4) is 0 Å². The first kappa shape index (κ1) is 25.1. The smallest absolute Gasteiger partial charge is 0.164 e. The third-order valence-corrected chi connectivity index (χ3v) is 7.97. The molecule has 4 nitrogen and oxygen atoms in total. The Labute approximate surface area is 249 Å². The summed E-state index contributed by atoms with van der Waals surface area (Å²) in [6, 6.07) is 41.8. The summed E-state index contributed by atoms with van der Waals surface area (Å²) in [5, 5.41) is 2.27. The number of benzene rings is 5. The van der Waals surface area contributed by atoms with Gasteiger partial charge in [-0.25, -0.2) is 15.0 Å². The molecule has 0 unspecified atom stereocenters. The topological polar surface area (TPSA) is 51.8 Å². The maximum Gasteiger partial charge on any atom is 0.164 e. The van der Waals surface area contributed by atoms with Gasteiger partial charge >= 0.3 is 0 Å². The molecule has 5 aromatic carbocycles. The van der Waals surface area contributed by atoms with E-state index in [1.54, 1.807) is 0 Å². The summed E-state index contributed by atoms with van der Waals surface area (Å²) >= 11 is 0. The maximum atomic E-state index is 6.32. The molecule has 0 fully saturated rings. The van der Waals surface area contributed by atoms with Crippen molar-refractivity contribution in [3.05, 3.63) is 145 Å². The Bertz CT molecular complexity index is 2170. The van der Waals surface area contributed by atoms with Crippen LogP contribution in [0.2, 0.25) is 0 Å². The van der Waals surface area contributed by atoms with E-state index in [1.807, 2.05) is 42.5 Å². The van der Waals surface area contributed by atoms with E-state index in [9.17, 15) is 0 Å². The lowest BCUT2D eigenvalue weighted by atomic mass is 9.97. The fourth-order valence-corrected chi connectivity index (χ4v) is 5.78. The number of aromatic nitrogens is 3. The average molecular weight is 554 g/mol. The molecule has 0 bridgehead atoms. The Hall–Kier alpha value is -5.61. The monoisotopic (exact) mass is 553 g/mol. The molecule has 204 valence electrons. The van der Waals surface area contributed by atoms with Crippen LogP contribution >= 0.6 is 0 Å². The number of allylic oxidation sites excluding steroid dienone is 4. The number of hydrogen-bond donors (Lipinski definition) is 0. The molecular formula is C39H27N3O. The zero-order valence-electron chi connectivity index (χ0n) is 23.4. The Morgan fingerprint density at radius 1 is 0.488 bits per heavy atom. The molecule has 2 heterocycles. The fourth-order valence-electron chi connectivity index (χ4n) is 5.78. The first-order valence-corrected chi connectivity index (χ1v) is 14.6. The number of nitrogens with zero attached hydrogens (tertiary/aromatic N) is 3. The molecule has 0 saturated carbocycles. The van der Waals surface area contributed by atoms with E-state index >= 15 is 0 Å². The summed E-state index contributed by atoms with van der Waals surface area (Å²) in [7, 11) is 0. The standard InChI is InChI=1S/C39H27N3O/c1-3-11-27(12-4-1)37-40-38(28-13-5-2-6-14-28)42-39(41-37)29-23-21-26(22-24-29)30-15-9-16-31(25-30)32-18-10-19-34-33-17-7-8-20-35(33)43-36(32)34/h1,3-5,7-25H,2,6H2. The molecule has 2 aromatic heterocycles. The molecule has 0 amide bonds. The largest absolute Gasteiger partial charge is 0.455 e. The molecule has 4 heteroatoms. The molecule has 0 spiro atoms. The molecule has 1 aliphatic rings. The Kier molecular flexibility index (Phi) is 6.23. The summed E-state index contributed by atoms with van der Waals surface area (Å²) < 4.78 is 6.32. The molecule has 0 aliphatic heterocycles. The highest BCUT2D eigenvalue weighted by Gasteiger charge is 2.15. The highest BCUT2D eigenvalue weighted by Crippen LogP contribution is 2.37. The third-order valence-electron chi connectivity index (χ3n) is 7.97. The van der Waals surface area contributed by atoms with Gasteiger partial charge in [-0.15, -0.1) is 0 Å². The predicted molar refractivity (Wildman–Crippen MR) is 175 cm³/mol. The second-order valence-electron chi connectivity index (χ2n) is 10.8. The minimum absolute atomic E-state index is 0.667. The van der Waals surface area contributed by atoms with Crippen LogP contribution in [0.1, 0.15) is 18.7 Å². The van der Waals surface area contributed by atoms with Crippen LogP contribution in [0.15, 0.2) is 144 Å². The highest BCUT2D eigenvalue weighted by atomic mass is 16.3. The molecule has 0 saturated heterocycles. The minimum atomic E-state index is 0.667. The third kappa shape index (κ3) is 4.73. The second-order valence-corrected chi connectivity index (χ2v) is 10.8. The highest BCUT2D eigenvalue weighted by molar-refractivity contribution is 6.09. The van der Waals surface area contributed by atoms with E-state index < -0.39 is 0 Å². The molecular weight excluding hydrogens is 526 g/mol. The van der Waals surface area contributed by atoms with E-state index in [1.165, 1.54) is 0 Å². The van der Waals surface area contributed by atoms with Gasteiger partial charge in [0.25, 0.3) is 0 Å². The van der Waals surface area contributed by atoms with Crippen LogP contribution in [-0.4, -0.2) is 15.0 Å². The number of para-hydroxylation sites is 2. The normalized spacial score (nSPS) is 13.0. The average Bonchev–Trinajstić information content (AvgIpc) is 3.48. The van der Waals surface area contributed by atoms with Crippen LogP contribution in [0, 0.1) is 0 Å². The van der Waals surface area contributed by atoms with Gasteiger partial charge < -0.3 is 4.42 Å². The lowest BCUT2D eigenvalue weighted by Gasteiger charge is -2.11. The van der Waals surface area contributed by atoms with Gasteiger partial charge in [0.1, 0.15) is 11.2 Å². The molecule has 8 rings (SSSR count). The summed E-state index contributed by atoms with van der Waals surface area (Å²) in [4.78, 5) is 14.6. The van der Waals surface area contributed by atoms with Crippen molar-refractivity contribution in [3.63, 3.8) is 0 Å². The first-order chi connectivity index (χ1) is 21.3. The molecule has 0 atom stereocenters. The van der Waals surface area contributed by atoms with E-state index in [-0.39, 0.29) is 0 Å². The number of rotatable bonds is 5. The summed E-state index contributed by atoms with van der Waals surface area (Å²) in [6.07, 6.45) is 8.53. The summed E-state index contributed by atoms with van der Waals surface area (Å²) in [5.74, 6) is 2.05. The zero-order valence-corrected chi connectivity index (χ0v) is 23.4. The van der Waals surface area contributed by atoms with Crippen LogP contribution < -0.4 is 0 Å². The van der Waals surface area contributed by atoms with Crippen molar-refractivity contribution >= 4 is 27.5 Å². The second kappa shape index (κ2) is 10.7. The Morgan fingerprint density at radius 2 is 1.14 bits per heavy atom. The van der Waals surface area contributed by atoms with Crippen molar-refractivity contribution < 1.29 is 4.42 Å². The van der Waals surface area contributed by atoms with Gasteiger partial charge in [0, 0.05) is 33.0 Å². The fraction of sp³-hybridized carbons (Fsp3) is 0.0513. The van der Waals surface area contributed by atoms with E-state index in [4.69, 9.17) is 19.4 Å². The molecule has 0 N–H and O–H groups in total. The van der Waals surface area contributed by atoms with Gasteiger partial charge in [-0.05, 0) is 41.7 Å². The summed E-state index contributed by atoms with van der Waals surface area (Å²) in [5.41, 5.74) is 9.25. The van der Waals surface area contributed by atoms with Crippen molar-refractivity contribution in [1.82, 2.24) is 15.0 Å². The van der Waals surface area contributed by atoms with Crippen molar-refractivity contribution in [1.29, 1.82) is 0 Å². The number of fused-ring (bicyclic) bond motifs is 3. The Balaban J connectivity index is 1.16. The van der Waals surface area contributed by atoms with Gasteiger partial charge in [0.05, 0.1) is 0 Å². The molecule has 7 aromatic rings. The van der Waals surface area contributed by atoms with Gasteiger partial charge in [0.2, 0.25) is 0 Å². The Morgan fingerprint density at radius 3 is 1.95 bits per heavy atom. The van der Waals surface area contributed by atoms with E-state index in [0.29, 0.717) is 17.5 Å². The van der Waals surface area contributed by atoms with Gasteiger partial charge in [-0.1, -0.05) is 127 Å². The van der Waals surface area contributed by atoms with E-state index in [2.05, 4.69) is 97.1 Å². The van der Waals surface area contributed by atoms with Crippen LogP contribution in [0.25, 0.3) is 72.5 Å². The van der Waals surface area contributed by atoms with Crippen molar-refractivity contribution in [2.75, 3.05) is 0 Å². The minimum Gasteiger partial charge on any atom is -0.455 e. The molecule has 0 radical (unpaired) electrons. The lowest BCUT2D eigenvalue weighted by Crippen LogP contribution is -2.03. The van der Waals surface area contributed by atoms with Crippen molar-refractivity contribution in [2.24, 2.45) is 0 Å². The van der Waals surface area contributed by atoms with Gasteiger partial charge in [-0.2, -0.15) is 0 Å². The predicted octanol–water partition coefficient (Wildman–Crippen LogP) is 10.2. The van der Waals surface area contributed by atoms with Gasteiger partial charge in [0.15, 0.2) is 17.5 Å².